The highest BCUT2D eigenvalue weighted by atomic mass is 32.1. The Morgan fingerprint density at radius 3 is 2.08 bits per heavy atom. The van der Waals surface area contributed by atoms with Gasteiger partial charge in [-0.2, -0.15) is 0 Å². The van der Waals surface area contributed by atoms with Crippen molar-refractivity contribution in [1.29, 1.82) is 0 Å². The summed E-state index contributed by atoms with van der Waals surface area (Å²) < 4.78 is 2.81. The van der Waals surface area contributed by atoms with Crippen LogP contribution in [0.3, 0.4) is 0 Å². The van der Waals surface area contributed by atoms with E-state index in [2.05, 4.69) is 48.4 Å². The van der Waals surface area contributed by atoms with Crippen molar-refractivity contribution in [2.75, 3.05) is 22.7 Å². The number of hydrogen-bond acceptors (Lipinski definition) is 3. The Morgan fingerprint density at radius 2 is 1.69 bits per heavy atom. The van der Waals surface area contributed by atoms with Crippen LogP contribution in [-0.2, 0) is 0 Å². The highest BCUT2D eigenvalue weighted by Gasteiger charge is 1.99. The minimum atomic E-state index is 1.03. The van der Waals surface area contributed by atoms with Crippen LogP contribution < -0.4 is 9.62 Å². The standard InChI is InChI=1S/C10H16N2S/c1-3-12(4-2)10-7-5-9(11-13)6-8-10/h5-8,11,13H,3-4H2,1-2H3. The molecule has 0 bridgehead atoms. The van der Waals surface area contributed by atoms with Gasteiger partial charge in [0.1, 0.15) is 0 Å². The van der Waals surface area contributed by atoms with E-state index >= 15 is 0 Å². The number of rotatable bonds is 4. The molecule has 0 aliphatic carbocycles. The van der Waals surface area contributed by atoms with Gasteiger partial charge in [-0.1, -0.05) is 12.8 Å². The first-order valence-electron chi connectivity index (χ1n) is 4.57. The first-order valence-corrected chi connectivity index (χ1v) is 5.01. The number of thiol groups is 1. The van der Waals surface area contributed by atoms with Crippen LogP contribution in [0, 0.1) is 0 Å². The molecule has 0 fully saturated rings. The van der Waals surface area contributed by atoms with Crippen LogP contribution in [0.25, 0.3) is 0 Å². The van der Waals surface area contributed by atoms with Gasteiger partial charge in [-0.15, -0.1) is 0 Å². The molecule has 0 saturated heterocycles. The third kappa shape index (κ3) is 2.56. The lowest BCUT2D eigenvalue weighted by molar-refractivity contribution is 0.866. The number of nitrogens with one attached hydrogen (secondary N) is 1. The topological polar surface area (TPSA) is 15.3 Å². The molecule has 0 amide bonds. The SMILES string of the molecule is CCN(CC)c1ccc(NS)cc1. The molecular formula is C10H16N2S. The second kappa shape index (κ2) is 5.02. The summed E-state index contributed by atoms with van der Waals surface area (Å²) in [5, 5.41) is 0. The maximum Gasteiger partial charge on any atom is 0.0439 e. The van der Waals surface area contributed by atoms with Gasteiger partial charge in [-0.25, -0.2) is 0 Å². The Bertz CT molecular complexity index is 242. The molecule has 1 rings (SSSR count). The molecule has 0 atom stereocenters. The fourth-order valence-electron chi connectivity index (χ4n) is 1.34. The van der Waals surface area contributed by atoms with E-state index in [9.17, 15) is 0 Å². The van der Waals surface area contributed by atoms with Crippen LogP contribution >= 0.6 is 12.8 Å². The molecule has 0 radical (unpaired) electrons. The molecule has 0 saturated carbocycles. The Labute approximate surface area is 85.5 Å². The number of hydrogen-bond donors (Lipinski definition) is 2. The number of nitrogens with zero attached hydrogens (tertiary/aromatic N) is 1. The molecule has 1 N–H and O–H groups in total. The minimum Gasteiger partial charge on any atom is -0.372 e. The van der Waals surface area contributed by atoms with E-state index in [4.69, 9.17) is 0 Å². The molecule has 3 heteroatoms. The first-order chi connectivity index (χ1) is 6.31. The Kier molecular flexibility index (Phi) is 3.96. The zero-order valence-electron chi connectivity index (χ0n) is 8.12. The molecule has 72 valence electrons. The normalized spacial score (nSPS) is 9.77. The third-order valence-electron chi connectivity index (χ3n) is 2.12. The summed E-state index contributed by atoms with van der Waals surface area (Å²) in [6, 6.07) is 8.26. The molecular weight excluding hydrogens is 180 g/mol. The van der Waals surface area contributed by atoms with Crippen LogP contribution in [0.1, 0.15) is 13.8 Å². The Hall–Kier alpha value is -0.830. The van der Waals surface area contributed by atoms with Crippen molar-refractivity contribution in [1.82, 2.24) is 0 Å². The van der Waals surface area contributed by atoms with Crippen LogP contribution in [0.2, 0.25) is 0 Å². The fraction of sp³-hybridized carbons (Fsp3) is 0.400. The van der Waals surface area contributed by atoms with E-state index in [1.807, 2.05) is 12.1 Å². The summed E-state index contributed by atoms with van der Waals surface area (Å²) in [7, 11) is 0. The van der Waals surface area contributed by atoms with Crippen molar-refractivity contribution in [2.24, 2.45) is 0 Å². The van der Waals surface area contributed by atoms with Gasteiger partial charge in [0, 0.05) is 24.5 Å². The summed E-state index contributed by atoms with van der Waals surface area (Å²) in [5.41, 5.74) is 2.29. The number of anilines is 2. The summed E-state index contributed by atoms with van der Waals surface area (Å²) in [4.78, 5) is 2.31. The highest BCUT2D eigenvalue weighted by molar-refractivity contribution is 7.81. The second-order valence-electron chi connectivity index (χ2n) is 2.83. The van der Waals surface area contributed by atoms with Gasteiger partial charge in [0.2, 0.25) is 0 Å². The van der Waals surface area contributed by atoms with Gasteiger partial charge in [0.05, 0.1) is 0 Å². The van der Waals surface area contributed by atoms with E-state index in [1.54, 1.807) is 0 Å². The van der Waals surface area contributed by atoms with Crippen molar-refractivity contribution < 1.29 is 0 Å². The van der Waals surface area contributed by atoms with Gasteiger partial charge in [-0.05, 0) is 38.1 Å². The molecule has 1 aromatic rings. The van der Waals surface area contributed by atoms with Crippen LogP contribution in [0.5, 0.6) is 0 Å². The second-order valence-corrected chi connectivity index (χ2v) is 3.05. The van der Waals surface area contributed by atoms with E-state index in [1.165, 1.54) is 5.69 Å². The molecule has 0 unspecified atom stereocenters. The van der Waals surface area contributed by atoms with Gasteiger partial charge in [0.15, 0.2) is 0 Å². The zero-order chi connectivity index (χ0) is 9.68. The fourth-order valence-corrected chi connectivity index (χ4v) is 1.48. The summed E-state index contributed by atoms with van der Waals surface area (Å²) in [6.45, 7) is 6.41. The van der Waals surface area contributed by atoms with Gasteiger partial charge in [0.25, 0.3) is 0 Å². The molecule has 1 aromatic carbocycles. The molecule has 0 aliphatic rings. The van der Waals surface area contributed by atoms with Crippen LogP contribution in [-0.4, -0.2) is 13.1 Å². The van der Waals surface area contributed by atoms with Crippen molar-refractivity contribution in [3.05, 3.63) is 24.3 Å². The monoisotopic (exact) mass is 196 g/mol. The average Bonchev–Trinajstić information content (AvgIpc) is 2.21. The Morgan fingerprint density at radius 1 is 1.15 bits per heavy atom. The molecule has 13 heavy (non-hydrogen) atoms. The van der Waals surface area contributed by atoms with E-state index < -0.39 is 0 Å². The third-order valence-corrected chi connectivity index (χ3v) is 2.38. The van der Waals surface area contributed by atoms with E-state index in [-0.39, 0.29) is 0 Å². The van der Waals surface area contributed by atoms with Crippen molar-refractivity contribution in [2.45, 2.75) is 13.8 Å². The van der Waals surface area contributed by atoms with Gasteiger partial charge in [-0.3, -0.25) is 0 Å². The van der Waals surface area contributed by atoms with Crippen LogP contribution in [0.4, 0.5) is 11.4 Å². The molecule has 0 aromatic heterocycles. The predicted molar refractivity (Wildman–Crippen MR) is 62.6 cm³/mol. The van der Waals surface area contributed by atoms with Gasteiger partial charge < -0.3 is 9.62 Å². The molecule has 2 nitrogen and oxygen atoms in total. The summed E-state index contributed by atoms with van der Waals surface area (Å²) >= 11 is 3.98. The zero-order valence-corrected chi connectivity index (χ0v) is 9.01. The van der Waals surface area contributed by atoms with Gasteiger partial charge >= 0.3 is 0 Å². The highest BCUT2D eigenvalue weighted by Crippen LogP contribution is 2.17. The Balaban J connectivity index is 2.78. The largest absolute Gasteiger partial charge is 0.372 e. The van der Waals surface area contributed by atoms with E-state index in [0.29, 0.717) is 0 Å². The van der Waals surface area contributed by atoms with Crippen molar-refractivity contribution in [3.8, 4) is 0 Å². The lowest BCUT2D eigenvalue weighted by Crippen LogP contribution is -2.21. The maximum absolute atomic E-state index is 3.98. The smallest absolute Gasteiger partial charge is 0.0439 e. The van der Waals surface area contributed by atoms with Crippen LogP contribution in [0.15, 0.2) is 24.3 Å². The minimum absolute atomic E-state index is 1.03. The molecule has 0 heterocycles. The van der Waals surface area contributed by atoms with Crippen molar-refractivity contribution >= 4 is 24.2 Å². The van der Waals surface area contributed by atoms with E-state index in [0.717, 1.165) is 18.8 Å². The number of benzene rings is 1. The summed E-state index contributed by atoms with van der Waals surface area (Å²) in [5.74, 6) is 0. The maximum atomic E-state index is 3.98. The lowest BCUT2D eigenvalue weighted by Gasteiger charge is -2.20. The first kappa shape index (κ1) is 10.3. The summed E-state index contributed by atoms with van der Waals surface area (Å²) in [6.07, 6.45) is 0. The lowest BCUT2D eigenvalue weighted by atomic mass is 10.2. The quantitative estimate of drug-likeness (QED) is 0.720. The average molecular weight is 196 g/mol. The molecule has 0 aliphatic heterocycles. The molecule has 0 spiro atoms. The van der Waals surface area contributed by atoms with Crippen molar-refractivity contribution in [3.63, 3.8) is 0 Å². The predicted octanol–water partition coefficient (Wildman–Crippen LogP) is 2.79.